The molecule has 0 aromatic rings. The van der Waals surface area contributed by atoms with Crippen LogP contribution < -0.4 is 5.32 Å². The molecule has 0 atom stereocenters. The number of hydrogen-bond acceptors (Lipinski definition) is 2. The number of nitrogens with one attached hydrogen (secondary N) is 1. The molecule has 16 heavy (non-hydrogen) atoms. The summed E-state index contributed by atoms with van der Waals surface area (Å²) in [6, 6.07) is 0. The predicted molar refractivity (Wildman–Crippen MR) is 69.7 cm³/mol. The Bertz CT molecular complexity index is 205. The second kappa shape index (κ2) is 5.50. The molecule has 0 aliphatic heterocycles. The van der Waals surface area contributed by atoms with Gasteiger partial charge in [0.1, 0.15) is 0 Å². The van der Waals surface area contributed by atoms with Gasteiger partial charge in [0, 0.05) is 19.6 Å². The van der Waals surface area contributed by atoms with E-state index in [2.05, 4.69) is 24.2 Å². The van der Waals surface area contributed by atoms with Crippen molar-refractivity contribution in [3.63, 3.8) is 0 Å². The Morgan fingerprint density at radius 1 is 1.25 bits per heavy atom. The first kappa shape index (κ1) is 12.4. The van der Waals surface area contributed by atoms with Gasteiger partial charge in [0.05, 0.1) is 0 Å². The van der Waals surface area contributed by atoms with Crippen molar-refractivity contribution in [2.24, 2.45) is 11.3 Å². The maximum absolute atomic E-state index is 3.42. The summed E-state index contributed by atoms with van der Waals surface area (Å²) in [4.78, 5) is 2.71. The van der Waals surface area contributed by atoms with E-state index in [0.29, 0.717) is 5.41 Å². The molecule has 2 aliphatic carbocycles. The second-order valence-corrected chi connectivity index (χ2v) is 6.01. The first-order chi connectivity index (χ1) is 7.78. The van der Waals surface area contributed by atoms with Gasteiger partial charge in [-0.2, -0.15) is 0 Å². The zero-order chi connectivity index (χ0) is 11.4. The summed E-state index contributed by atoms with van der Waals surface area (Å²) >= 11 is 0. The molecule has 0 unspecified atom stereocenters. The SMILES string of the molecule is CCN(CC1CC1)CC1(CNC)CCCC1. The smallest absolute Gasteiger partial charge is 0.00501 e. The number of rotatable bonds is 7. The van der Waals surface area contributed by atoms with Crippen LogP contribution in [-0.2, 0) is 0 Å². The Balaban J connectivity index is 1.86. The molecule has 1 N–H and O–H groups in total. The van der Waals surface area contributed by atoms with Crippen LogP contribution in [0.5, 0.6) is 0 Å². The van der Waals surface area contributed by atoms with E-state index in [4.69, 9.17) is 0 Å². The predicted octanol–water partition coefficient (Wildman–Crippen LogP) is 2.50. The molecule has 0 bridgehead atoms. The van der Waals surface area contributed by atoms with Crippen molar-refractivity contribution in [1.82, 2.24) is 10.2 Å². The highest BCUT2D eigenvalue weighted by Gasteiger charge is 2.35. The summed E-state index contributed by atoms with van der Waals surface area (Å²) < 4.78 is 0. The van der Waals surface area contributed by atoms with Crippen LogP contribution in [-0.4, -0.2) is 38.1 Å². The van der Waals surface area contributed by atoms with E-state index in [1.807, 2.05) is 0 Å². The van der Waals surface area contributed by atoms with E-state index in [-0.39, 0.29) is 0 Å². The standard InChI is InChI=1S/C14H28N2/c1-3-16(10-13-6-7-13)12-14(11-15-2)8-4-5-9-14/h13,15H,3-12H2,1-2H3. The van der Waals surface area contributed by atoms with Gasteiger partial charge >= 0.3 is 0 Å². The van der Waals surface area contributed by atoms with E-state index in [1.54, 1.807) is 0 Å². The summed E-state index contributed by atoms with van der Waals surface area (Å²) in [7, 11) is 2.11. The highest BCUT2D eigenvalue weighted by Crippen LogP contribution is 2.39. The fraction of sp³-hybridized carbons (Fsp3) is 1.00. The third-order valence-corrected chi connectivity index (χ3v) is 4.44. The summed E-state index contributed by atoms with van der Waals surface area (Å²) in [5.74, 6) is 1.04. The molecular weight excluding hydrogens is 196 g/mol. The topological polar surface area (TPSA) is 15.3 Å². The summed E-state index contributed by atoms with van der Waals surface area (Å²) in [6.07, 6.45) is 8.74. The fourth-order valence-electron chi connectivity index (χ4n) is 3.34. The third-order valence-electron chi connectivity index (χ3n) is 4.44. The van der Waals surface area contributed by atoms with E-state index >= 15 is 0 Å². The molecule has 0 amide bonds. The van der Waals surface area contributed by atoms with Gasteiger partial charge in [-0.25, -0.2) is 0 Å². The minimum absolute atomic E-state index is 0.597. The quantitative estimate of drug-likeness (QED) is 0.715. The van der Waals surface area contributed by atoms with E-state index in [1.165, 1.54) is 64.7 Å². The fourth-order valence-corrected chi connectivity index (χ4v) is 3.34. The van der Waals surface area contributed by atoms with Crippen molar-refractivity contribution in [3.8, 4) is 0 Å². The van der Waals surface area contributed by atoms with Gasteiger partial charge in [-0.15, -0.1) is 0 Å². The van der Waals surface area contributed by atoms with Crippen molar-refractivity contribution in [2.75, 3.05) is 33.2 Å². The van der Waals surface area contributed by atoms with E-state index < -0.39 is 0 Å². The van der Waals surface area contributed by atoms with Gasteiger partial charge in [-0.05, 0) is 50.6 Å². The molecule has 2 aliphatic rings. The van der Waals surface area contributed by atoms with Crippen LogP contribution in [0.1, 0.15) is 45.4 Å². The van der Waals surface area contributed by atoms with Crippen molar-refractivity contribution < 1.29 is 0 Å². The van der Waals surface area contributed by atoms with Crippen LogP contribution in [0.3, 0.4) is 0 Å². The Morgan fingerprint density at radius 3 is 2.44 bits per heavy atom. The zero-order valence-electron chi connectivity index (χ0n) is 11.1. The van der Waals surface area contributed by atoms with Gasteiger partial charge in [-0.1, -0.05) is 19.8 Å². The minimum Gasteiger partial charge on any atom is -0.319 e. The molecule has 0 saturated heterocycles. The molecule has 2 heteroatoms. The first-order valence-electron chi connectivity index (χ1n) is 7.15. The average molecular weight is 224 g/mol. The van der Waals surface area contributed by atoms with Crippen LogP contribution in [0.2, 0.25) is 0 Å². The Hall–Kier alpha value is -0.0800. The van der Waals surface area contributed by atoms with Crippen LogP contribution in [0, 0.1) is 11.3 Å². The normalized spacial score (nSPS) is 24.2. The average Bonchev–Trinajstić information content (AvgIpc) is 2.98. The van der Waals surface area contributed by atoms with Gasteiger partial charge < -0.3 is 10.2 Å². The molecule has 0 spiro atoms. The lowest BCUT2D eigenvalue weighted by molar-refractivity contribution is 0.151. The van der Waals surface area contributed by atoms with Crippen LogP contribution >= 0.6 is 0 Å². The van der Waals surface area contributed by atoms with Gasteiger partial charge in [0.15, 0.2) is 0 Å². The minimum atomic E-state index is 0.597. The lowest BCUT2D eigenvalue weighted by atomic mass is 9.85. The van der Waals surface area contributed by atoms with Crippen LogP contribution in [0.15, 0.2) is 0 Å². The highest BCUT2D eigenvalue weighted by molar-refractivity contribution is 4.90. The van der Waals surface area contributed by atoms with Gasteiger partial charge in [0.25, 0.3) is 0 Å². The lowest BCUT2D eigenvalue weighted by Crippen LogP contribution is -2.42. The maximum atomic E-state index is 3.42. The molecule has 0 radical (unpaired) electrons. The van der Waals surface area contributed by atoms with Crippen LogP contribution in [0.4, 0.5) is 0 Å². The van der Waals surface area contributed by atoms with Crippen molar-refractivity contribution in [3.05, 3.63) is 0 Å². The van der Waals surface area contributed by atoms with Crippen molar-refractivity contribution in [2.45, 2.75) is 45.4 Å². The monoisotopic (exact) mass is 224 g/mol. The van der Waals surface area contributed by atoms with Crippen LogP contribution in [0.25, 0.3) is 0 Å². The van der Waals surface area contributed by atoms with Gasteiger partial charge in [0.2, 0.25) is 0 Å². The first-order valence-corrected chi connectivity index (χ1v) is 7.15. The Labute approximate surface area is 101 Å². The second-order valence-electron chi connectivity index (χ2n) is 6.01. The van der Waals surface area contributed by atoms with Gasteiger partial charge in [-0.3, -0.25) is 0 Å². The molecule has 2 fully saturated rings. The zero-order valence-corrected chi connectivity index (χ0v) is 11.1. The molecule has 94 valence electrons. The molecule has 0 aromatic carbocycles. The van der Waals surface area contributed by atoms with Crippen molar-refractivity contribution >= 4 is 0 Å². The lowest BCUT2D eigenvalue weighted by Gasteiger charge is -2.35. The van der Waals surface area contributed by atoms with E-state index in [9.17, 15) is 0 Å². The number of nitrogens with zero attached hydrogens (tertiary/aromatic N) is 1. The maximum Gasteiger partial charge on any atom is 0.00501 e. The summed E-state index contributed by atoms with van der Waals surface area (Å²) in [6.45, 7) is 7.48. The Kier molecular flexibility index (Phi) is 4.26. The molecule has 2 rings (SSSR count). The molecule has 2 nitrogen and oxygen atoms in total. The molecule has 0 aromatic heterocycles. The largest absolute Gasteiger partial charge is 0.319 e. The molecule has 2 saturated carbocycles. The van der Waals surface area contributed by atoms with E-state index in [0.717, 1.165) is 5.92 Å². The third kappa shape index (κ3) is 3.21. The number of hydrogen-bond donors (Lipinski definition) is 1. The van der Waals surface area contributed by atoms with Crippen molar-refractivity contribution in [1.29, 1.82) is 0 Å². The summed E-state index contributed by atoms with van der Waals surface area (Å²) in [5, 5.41) is 3.42. The summed E-state index contributed by atoms with van der Waals surface area (Å²) in [5.41, 5.74) is 0.597. The highest BCUT2D eigenvalue weighted by atomic mass is 15.1. The Morgan fingerprint density at radius 2 is 1.94 bits per heavy atom. The molecular formula is C14H28N2. The molecule has 0 heterocycles.